The van der Waals surface area contributed by atoms with Crippen LogP contribution in [0, 0.1) is 21.8 Å². The summed E-state index contributed by atoms with van der Waals surface area (Å²) in [6, 6.07) is 7.77. The molecule has 0 radical (unpaired) electrons. The van der Waals surface area contributed by atoms with Crippen molar-refractivity contribution < 1.29 is 18.9 Å². The first-order valence-electron chi connectivity index (χ1n) is 8.00. The molecule has 0 spiro atoms. The Kier molecular flexibility index (Phi) is 6.46. The number of rotatable bonds is 6. The first-order valence-corrected chi connectivity index (χ1v) is 8.38. The molecule has 0 saturated carbocycles. The molecule has 7 nitrogen and oxygen atoms in total. The molecule has 0 aliphatic rings. The summed E-state index contributed by atoms with van der Waals surface area (Å²) in [5, 5.41) is 15.8. The summed E-state index contributed by atoms with van der Waals surface area (Å²) in [5.74, 6) is -1.81. The van der Waals surface area contributed by atoms with E-state index in [2.05, 4.69) is 10.6 Å². The van der Waals surface area contributed by atoms with E-state index < -0.39 is 28.6 Å². The lowest BCUT2D eigenvalue weighted by molar-refractivity contribution is -0.384. The van der Waals surface area contributed by atoms with E-state index in [9.17, 15) is 24.1 Å². The van der Waals surface area contributed by atoms with Gasteiger partial charge in [0.1, 0.15) is 11.9 Å². The summed E-state index contributed by atoms with van der Waals surface area (Å²) in [6.07, 6.45) is 0. The molecule has 2 aromatic carbocycles. The zero-order valence-electron chi connectivity index (χ0n) is 14.5. The van der Waals surface area contributed by atoms with Crippen molar-refractivity contribution in [2.75, 3.05) is 5.32 Å². The predicted molar refractivity (Wildman–Crippen MR) is 99.2 cm³/mol. The molecule has 1 atom stereocenters. The van der Waals surface area contributed by atoms with Crippen LogP contribution in [0.5, 0.6) is 0 Å². The smallest absolute Gasteiger partial charge is 0.270 e. The van der Waals surface area contributed by atoms with Crippen molar-refractivity contribution in [3.05, 3.63) is 69.0 Å². The number of nitrogens with one attached hydrogen (secondary N) is 2. The van der Waals surface area contributed by atoms with Crippen molar-refractivity contribution in [2.24, 2.45) is 5.92 Å². The van der Waals surface area contributed by atoms with Gasteiger partial charge in [-0.2, -0.15) is 0 Å². The Balaban J connectivity index is 2.15. The Morgan fingerprint density at radius 1 is 1.15 bits per heavy atom. The van der Waals surface area contributed by atoms with Crippen LogP contribution in [0.4, 0.5) is 15.8 Å². The van der Waals surface area contributed by atoms with Crippen molar-refractivity contribution in [3.63, 3.8) is 0 Å². The van der Waals surface area contributed by atoms with Crippen molar-refractivity contribution in [3.8, 4) is 0 Å². The number of halogens is 2. The number of benzene rings is 2. The second-order valence-electron chi connectivity index (χ2n) is 6.11. The van der Waals surface area contributed by atoms with E-state index in [0.29, 0.717) is 5.69 Å². The van der Waals surface area contributed by atoms with Crippen LogP contribution in [-0.2, 0) is 4.79 Å². The summed E-state index contributed by atoms with van der Waals surface area (Å²) in [5.41, 5.74) is 0.156. The fraction of sp³-hybridized carbons (Fsp3) is 0.222. The molecular formula is C18H17ClFN3O4. The molecule has 0 heterocycles. The second-order valence-corrected chi connectivity index (χ2v) is 6.52. The number of nitrogens with zero attached hydrogens (tertiary/aromatic N) is 1. The minimum Gasteiger partial charge on any atom is -0.340 e. The van der Waals surface area contributed by atoms with E-state index in [4.69, 9.17) is 11.6 Å². The molecule has 0 bridgehead atoms. The lowest BCUT2D eigenvalue weighted by Gasteiger charge is -2.22. The van der Waals surface area contributed by atoms with Crippen LogP contribution in [0.3, 0.4) is 0 Å². The van der Waals surface area contributed by atoms with Crippen LogP contribution in [0.25, 0.3) is 0 Å². The maximum Gasteiger partial charge on any atom is 0.270 e. The largest absolute Gasteiger partial charge is 0.340 e. The maximum atomic E-state index is 13.0. The number of nitro benzene ring substituents is 1. The summed E-state index contributed by atoms with van der Waals surface area (Å²) in [7, 11) is 0. The molecular weight excluding hydrogens is 377 g/mol. The highest BCUT2D eigenvalue weighted by Crippen LogP contribution is 2.23. The van der Waals surface area contributed by atoms with Crippen molar-refractivity contribution in [1.29, 1.82) is 0 Å². The van der Waals surface area contributed by atoms with Gasteiger partial charge in [0.05, 0.1) is 15.5 Å². The number of carbonyl (C=O) groups excluding carboxylic acids is 2. The fourth-order valence-electron chi connectivity index (χ4n) is 2.31. The Labute approximate surface area is 159 Å². The number of nitro groups is 1. The molecule has 2 rings (SSSR count). The summed E-state index contributed by atoms with van der Waals surface area (Å²) in [6.45, 7) is 3.49. The monoisotopic (exact) mass is 393 g/mol. The number of amides is 2. The molecule has 2 N–H and O–H groups in total. The summed E-state index contributed by atoms with van der Waals surface area (Å²) < 4.78 is 13.0. The highest BCUT2D eigenvalue weighted by atomic mass is 35.5. The first kappa shape index (κ1) is 20.3. The van der Waals surface area contributed by atoms with Gasteiger partial charge in [-0.05, 0) is 36.2 Å². The van der Waals surface area contributed by atoms with E-state index in [1.54, 1.807) is 13.8 Å². The normalized spacial score (nSPS) is 11.7. The Morgan fingerprint density at radius 2 is 1.78 bits per heavy atom. The SMILES string of the molecule is CC(C)[C@H](NC(=O)c1ccc([N+](=O)[O-])cc1Cl)C(=O)Nc1ccc(F)cc1. The quantitative estimate of drug-likeness (QED) is 0.576. The predicted octanol–water partition coefficient (Wildman–Crippen LogP) is 3.78. The highest BCUT2D eigenvalue weighted by molar-refractivity contribution is 6.34. The molecule has 0 saturated heterocycles. The van der Waals surface area contributed by atoms with Gasteiger partial charge in [0.25, 0.3) is 11.6 Å². The molecule has 0 aromatic heterocycles. The van der Waals surface area contributed by atoms with E-state index in [1.165, 1.54) is 30.3 Å². The van der Waals surface area contributed by atoms with Gasteiger partial charge in [-0.1, -0.05) is 25.4 Å². The van der Waals surface area contributed by atoms with E-state index in [1.807, 2.05) is 0 Å². The standard InChI is InChI=1S/C18H17ClFN3O4/c1-10(2)16(18(25)21-12-5-3-11(20)4-6-12)22-17(24)14-8-7-13(23(26)27)9-15(14)19/h3-10,16H,1-2H3,(H,21,25)(H,22,24)/t16-/m0/s1. The third-order valence-electron chi connectivity index (χ3n) is 3.76. The molecule has 27 heavy (non-hydrogen) atoms. The molecule has 0 unspecified atom stereocenters. The van der Waals surface area contributed by atoms with E-state index >= 15 is 0 Å². The van der Waals surface area contributed by atoms with Crippen LogP contribution in [0.1, 0.15) is 24.2 Å². The number of hydrogen-bond acceptors (Lipinski definition) is 4. The zero-order chi connectivity index (χ0) is 20.1. The fourth-order valence-corrected chi connectivity index (χ4v) is 2.57. The molecule has 0 aliphatic carbocycles. The summed E-state index contributed by atoms with van der Waals surface area (Å²) in [4.78, 5) is 35.1. The average Bonchev–Trinajstić information content (AvgIpc) is 2.60. The third-order valence-corrected chi connectivity index (χ3v) is 4.07. The van der Waals surface area contributed by atoms with Gasteiger partial charge >= 0.3 is 0 Å². The number of anilines is 1. The van der Waals surface area contributed by atoms with Crippen molar-refractivity contribution in [2.45, 2.75) is 19.9 Å². The van der Waals surface area contributed by atoms with Gasteiger partial charge in [0.2, 0.25) is 5.91 Å². The van der Waals surface area contributed by atoms with Crippen LogP contribution in [0.15, 0.2) is 42.5 Å². The van der Waals surface area contributed by atoms with Crippen LogP contribution >= 0.6 is 11.6 Å². The minimum atomic E-state index is -0.895. The van der Waals surface area contributed by atoms with Crippen LogP contribution in [-0.4, -0.2) is 22.8 Å². The third kappa shape index (κ3) is 5.24. The maximum absolute atomic E-state index is 13.0. The Bertz CT molecular complexity index is 871. The van der Waals surface area contributed by atoms with Gasteiger partial charge < -0.3 is 10.6 Å². The van der Waals surface area contributed by atoms with Gasteiger partial charge in [-0.25, -0.2) is 4.39 Å². The number of non-ortho nitro benzene ring substituents is 1. The lowest BCUT2D eigenvalue weighted by atomic mass is 10.0. The van der Waals surface area contributed by atoms with Gasteiger partial charge in [0, 0.05) is 17.8 Å². The van der Waals surface area contributed by atoms with Gasteiger partial charge in [-0.3, -0.25) is 19.7 Å². The molecule has 9 heteroatoms. The average molecular weight is 394 g/mol. The highest BCUT2D eigenvalue weighted by Gasteiger charge is 2.26. The van der Waals surface area contributed by atoms with Crippen molar-refractivity contribution in [1.82, 2.24) is 5.32 Å². The zero-order valence-corrected chi connectivity index (χ0v) is 15.3. The number of hydrogen-bond donors (Lipinski definition) is 2. The summed E-state index contributed by atoms with van der Waals surface area (Å²) >= 11 is 5.95. The van der Waals surface area contributed by atoms with Gasteiger partial charge in [-0.15, -0.1) is 0 Å². The molecule has 2 amide bonds. The molecule has 2 aromatic rings. The van der Waals surface area contributed by atoms with Crippen LogP contribution in [0.2, 0.25) is 5.02 Å². The van der Waals surface area contributed by atoms with E-state index in [-0.39, 0.29) is 22.2 Å². The Morgan fingerprint density at radius 3 is 2.30 bits per heavy atom. The number of carbonyl (C=O) groups is 2. The van der Waals surface area contributed by atoms with Crippen LogP contribution < -0.4 is 10.6 Å². The molecule has 142 valence electrons. The molecule has 0 aliphatic heterocycles. The van der Waals surface area contributed by atoms with E-state index in [0.717, 1.165) is 12.1 Å². The lowest BCUT2D eigenvalue weighted by Crippen LogP contribution is -2.47. The van der Waals surface area contributed by atoms with Crippen molar-refractivity contribution >= 4 is 34.8 Å². The van der Waals surface area contributed by atoms with Gasteiger partial charge in [0.15, 0.2) is 0 Å². The Hall–Kier alpha value is -3.00. The topological polar surface area (TPSA) is 101 Å². The second kappa shape index (κ2) is 8.59. The minimum absolute atomic E-state index is 0.0162. The first-order chi connectivity index (χ1) is 12.7. The molecule has 0 fully saturated rings.